The van der Waals surface area contributed by atoms with Gasteiger partial charge in [0.05, 0.1) is 33.8 Å². The van der Waals surface area contributed by atoms with Gasteiger partial charge in [0.15, 0.2) is 27.3 Å². The number of sulfone groups is 1. The van der Waals surface area contributed by atoms with E-state index in [2.05, 4.69) is 10.6 Å². The highest BCUT2D eigenvalue weighted by atomic mass is 35.5. The molecule has 3 rings (SSSR count). The molecule has 1 saturated carbocycles. The number of methoxy groups -OCH3 is 1. The van der Waals surface area contributed by atoms with Gasteiger partial charge in [-0.3, -0.25) is 9.59 Å². The summed E-state index contributed by atoms with van der Waals surface area (Å²) in [6, 6.07) is 4.46. The van der Waals surface area contributed by atoms with Gasteiger partial charge in [-0.25, -0.2) is 21.6 Å². The molecule has 41 heavy (non-hydrogen) atoms. The minimum atomic E-state index is -4.13. The number of amides is 2. The molecule has 2 amide bonds. The Morgan fingerprint density at radius 2 is 1.80 bits per heavy atom. The first-order valence-electron chi connectivity index (χ1n) is 13.1. The van der Waals surface area contributed by atoms with Crippen molar-refractivity contribution in [3.8, 4) is 0 Å². The number of nitrogens with one attached hydrogen (secondary N) is 2. The van der Waals surface area contributed by atoms with Crippen LogP contribution < -0.4 is 10.6 Å². The molecular formula is C28H34ClF3N2O6S. The molecule has 1 unspecified atom stereocenters. The van der Waals surface area contributed by atoms with Crippen molar-refractivity contribution in [3.05, 3.63) is 58.4 Å². The zero-order valence-corrected chi connectivity index (χ0v) is 24.7. The van der Waals surface area contributed by atoms with E-state index in [0.29, 0.717) is 25.2 Å². The fraction of sp³-hybridized carbons (Fsp3) is 0.500. The number of anilines is 1. The molecule has 0 aromatic heterocycles. The number of ether oxygens (including phenoxy) is 1. The molecule has 0 bridgehead atoms. The molecule has 3 N–H and O–H groups in total. The van der Waals surface area contributed by atoms with Crippen LogP contribution in [0.25, 0.3) is 0 Å². The molecule has 0 aliphatic heterocycles. The average Bonchev–Trinajstić information content (AvgIpc) is 2.88. The van der Waals surface area contributed by atoms with Gasteiger partial charge < -0.3 is 20.5 Å². The smallest absolute Gasteiger partial charge is 0.255 e. The van der Waals surface area contributed by atoms with E-state index in [1.54, 1.807) is 13.8 Å². The molecule has 0 spiro atoms. The van der Waals surface area contributed by atoms with Crippen molar-refractivity contribution < 1.29 is 41.0 Å². The molecule has 5 atom stereocenters. The number of aliphatic hydroxyl groups is 1. The Kier molecular flexibility index (Phi) is 10.5. The topological polar surface area (TPSA) is 122 Å². The zero-order valence-electron chi connectivity index (χ0n) is 23.1. The van der Waals surface area contributed by atoms with Crippen molar-refractivity contribution in [2.24, 2.45) is 11.8 Å². The van der Waals surface area contributed by atoms with Crippen molar-refractivity contribution in [1.82, 2.24) is 5.32 Å². The maximum atomic E-state index is 13.8. The summed E-state index contributed by atoms with van der Waals surface area (Å²) in [5.74, 6) is -7.05. The molecule has 8 nitrogen and oxygen atoms in total. The van der Waals surface area contributed by atoms with E-state index in [1.165, 1.54) is 19.2 Å². The summed E-state index contributed by atoms with van der Waals surface area (Å²) in [5, 5.41) is 15.5. The van der Waals surface area contributed by atoms with Crippen LogP contribution in [0.2, 0.25) is 5.02 Å². The molecule has 0 heterocycles. The maximum Gasteiger partial charge on any atom is 0.255 e. The van der Waals surface area contributed by atoms with Crippen molar-refractivity contribution in [1.29, 1.82) is 0 Å². The third-order valence-corrected chi connectivity index (χ3v) is 10.3. The van der Waals surface area contributed by atoms with Crippen LogP contribution >= 0.6 is 11.6 Å². The summed E-state index contributed by atoms with van der Waals surface area (Å²) in [4.78, 5) is 25.1. The monoisotopic (exact) mass is 618 g/mol. The van der Waals surface area contributed by atoms with Crippen molar-refractivity contribution in [2.75, 3.05) is 19.0 Å². The highest BCUT2D eigenvalue weighted by molar-refractivity contribution is 7.92. The minimum Gasteiger partial charge on any atom is -0.389 e. The van der Waals surface area contributed by atoms with Gasteiger partial charge in [0.2, 0.25) is 5.91 Å². The predicted octanol–water partition coefficient (Wildman–Crippen LogP) is 4.88. The second kappa shape index (κ2) is 13.1. The lowest BCUT2D eigenvalue weighted by Gasteiger charge is -2.47. The molecular weight excluding hydrogens is 585 g/mol. The number of benzene rings is 2. The van der Waals surface area contributed by atoms with Crippen LogP contribution in [0.15, 0.2) is 35.2 Å². The number of hydrogen-bond acceptors (Lipinski definition) is 6. The third-order valence-electron chi connectivity index (χ3n) is 7.67. The van der Waals surface area contributed by atoms with Gasteiger partial charge in [0.25, 0.3) is 5.91 Å². The van der Waals surface area contributed by atoms with Crippen LogP contribution in [0.3, 0.4) is 0 Å². The Labute approximate surface area is 242 Å². The first-order chi connectivity index (χ1) is 19.1. The van der Waals surface area contributed by atoms with Crippen molar-refractivity contribution in [2.45, 2.75) is 68.2 Å². The maximum absolute atomic E-state index is 13.8. The van der Waals surface area contributed by atoms with Crippen LogP contribution in [0.5, 0.6) is 0 Å². The SMILES string of the molecule is CCC1C[C@@H](S(=O)(=O)c2cc(C(=O)Nc3cc(F)c(F)c(F)c3)ccc2Cl)C[C@H](C)[C@@]1(O)CC(=O)N[C@H](C)COC. The summed E-state index contributed by atoms with van der Waals surface area (Å²) in [5.41, 5.74) is -1.96. The van der Waals surface area contributed by atoms with Gasteiger partial charge in [-0.15, -0.1) is 0 Å². The second-order valence-corrected chi connectivity index (χ2v) is 13.2. The van der Waals surface area contributed by atoms with Crippen molar-refractivity contribution >= 4 is 38.9 Å². The van der Waals surface area contributed by atoms with Crippen molar-refractivity contribution in [3.63, 3.8) is 0 Å². The molecule has 0 radical (unpaired) electrons. The summed E-state index contributed by atoms with van der Waals surface area (Å²) in [6.07, 6.45) is 0.307. The lowest BCUT2D eigenvalue weighted by molar-refractivity contribution is -0.138. The van der Waals surface area contributed by atoms with Crippen LogP contribution in [0.4, 0.5) is 18.9 Å². The number of rotatable bonds is 10. The Morgan fingerprint density at radius 3 is 2.39 bits per heavy atom. The van der Waals surface area contributed by atoms with Gasteiger partial charge in [0.1, 0.15) is 0 Å². The van der Waals surface area contributed by atoms with Gasteiger partial charge in [-0.1, -0.05) is 31.9 Å². The average molecular weight is 619 g/mol. The molecule has 13 heteroatoms. The Balaban J connectivity index is 1.84. The van der Waals surface area contributed by atoms with Gasteiger partial charge >= 0.3 is 0 Å². The lowest BCUT2D eigenvalue weighted by atomic mass is 9.66. The number of halogens is 4. The van der Waals surface area contributed by atoms with E-state index >= 15 is 0 Å². The highest BCUT2D eigenvalue weighted by Gasteiger charge is 2.50. The molecule has 2 aromatic carbocycles. The lowest BCUT2D eigenvalue weighted by Crippen LogP contribution is -2.54. The van der Waals surface area contributed by atoms with Crippen LogP contribution in [-0.2, 0) is 19.4 Å². The van der Waals surface area contributed by atoms with Gasteiger partial charge in [0, 0.05) is 36.5 Å². The van der Waals surface area contributed by atoms with Gasteiger partial charge in [-0.05, 0) is 49.8 Å². The quantitative estimate of drug-likeness (QED) is 0.326. The standard InChI is InChI=1S/C28H34ClF3N2O6S/c1-5-18-10-20(8-15(2)28(18,37)13-25(35)33-16(3)14-40-4)41(38,39)24-9-17(6-7-21(24)29)27(36)34-19-11-22(30)26(32)23(31)12-19/h6-7,9,11-12,15-16,18,20,37H,5,8,10,13-14H2,1-4H3,(H,33,35)(H,34,36)/t15-,16+,18?,20-,28-/m0/s1. The van der Waals surface area contributed by atoms with Crippen LogP contribution in [0.1, 0.15) is 56.8 Å². The Bertz CT molecular complexity index is 1390. The highest BCUT2D eigenvalue weighted by Crippen LogP contribution is 2.46. The summed E-state index contributed by atoms with van der Waals surface area (Å²) in [6.45, 7) is 5.57. The zero-order chi connectivity index (χ0) is 30.7. The van der Waals surface area contributed by atoms with E-state index < -0.39 is 55.9 Å². The number of hydrogen-bond donors (Lipinski definition) is 3. The van der Waals surface area contributed by atoms with E-state index in [4.69, 9.17) is 16.3 Å². The molecule has 1 fully saturated rings. The van der Waals surface area contributed by atoms with E-state index in [1.807, 2.05) is 6.92 Å². The molecule has 2 aromatic rings. The summed E-state index contributed by atoms with van der Waals surface area (Å²) < 4.78 is 73.0. The first kappa shape index (κ1) is 32.8. The molecule has 0 saturated heterocycles. The first-order valence-corrected chi connectivity index (χ1v) is 15.1. The minimum absolute atomic E-state index is 0.0388. The van der Waals surface area contributed by atoms with Gasteiger partial charge in [-0.2, -0.15) is 0 Å². The summed E-state index contributed by atoms with van der Waals surface area (Å²) in [7, 11) is -2.62. The fourth-order valence-corrected chi connectivity index (χ4v) is 7.92. The molecule has 1 aliphatic carbocycles. The number of carbonyl (C=O) groups is 2. The fourth-order valence-electron chi connectivity index (χ4n) is 5.46. The van der Waals surface area contributed by atoms with Crippen LogP contribution in [-0.4, -0.2) is 55.9 Å². The number of carbonyl (C=O) groups excluding carboxylic acids is 2. The summed E-state index contributed by atoms with van der Waals surface area (Å²) >= 11 is 6.27. The Morgan fingerprint density at radius 1 is 1.17 bits per heavy atom. The van der Waals surface area contributed by atoms with E-state index in [-0.39, 0.29) is 52.4 Å². The Hall–Kier alpha value is -2.67. The molecule has 226 valence electrons. The largest absolute Gasteiger partial charge is 0.389 e. The van der Waals surface area contributed by atoms with E-state index in [0.717, 1.165) is 6.07 Å². The van der Waals surface area contributed by atoms with E-state index in [9.17, 15) is 36.3 Å². The van der Waals surface area contributed by atoms with Crippen LogP contribution in [0, 0.1) is 29.3 Å². The normalized spacial score (nSPS) is 23.6. The third kappa shape index (κ3) is 7.22. The predicted molar refractivity (Wildman–Crippen MR) is 148 cm³/mol. The molecule has 1 aliphatic rings. The second-order valence-electron chi connectivity index (χ2n) is 10.6.